The molecule has 0 aromatic heterocycles. The number of carbonyl (C=O) groups excluding carboxylic acids is 1. The van der Waals surface area contributed by atoms with Crippen LogP contribution in [0.15, 0.2) is 47.5 Å². The Bertz CT molecular complexity index is 744. The van der Waals surface area contributed by atoms with E-state index >= 15 is 0 Å². The predicted octanol–water partition coefficient (Wildman–Crippen LogP) is 4.00. The van der Waals surface area contributed by atoms with Gasteiger partial charge in [-0.3, -0.25) is 9.79 Å². The summed E-state index contributed by atoms with van der Waals surface area (Å²) in [6.07, 6.45) is 0. The van der Waals surface area contributed by atoms with E-state index in [1.165, 1.54) is 0 Å². The highest BCUT2D eigenvalue weighted by atomic mass is 35.5. The van der Waals surface area contributed by atoms with Gasteiger partial charge in [0.25, 0.3) is 0 Å². The van der Waals surface area contributed by atoms with Crippen LogP contribution in [0.5, 0.6) is 0 Å². The number of hydrogen-bond donors (Lipinski definition) is 1. The Hall–Kier alpha value is -1.55. The smallest absolute Gasteiger partial charge is 0.193 e. The van der Waals surface area contributed by atoms with E-state index in [1.807, 2.05) is 18.2 Å². The molecule has 0 radical (unpaired) electrons. The van der Waals surface area contributed by atoms with Gasteiger partial charge in [0, 0.05) is 23.2 Å². The minimum atomic E-state index is -0.0967. The molecular formula is C16H13Cl3N2O. The molecule has 6 heteroatoms. The van der Waals surface area contributed by atoms with Gasteiger partial charge in [-0.25, -0.2) is 0 Å². The van der Waals surface area contributed by atoms with Crippen molar-refractivity contribution in [1.29, 1.82) is 0 Å². The van der Waals surface area contributed by atoms with Gasteiger partial charge in [-0.15, -0.1) is 12.4 Å². The number of amidine groups is 1. The van der Waals surface area contributed by atoms with Crippen molar-refractivity contribution in [2.45, 2.75) is 0 Å². The number of aliphatic imine (C=N–C) groups is 1. The number of hydrogen-bond acceptors (Lipinski definition) is 3. The Morgan fingerprint density at radius 2 is 1.86 bits per heavy atom. The van der Waals surface area contributed by atoms with Crippen LogP contribution < -0.4 is 5.32 Å². The van der Waals surface area contributed by atoms with Gasteiger partial charge in [-0.05, 0) is 18.2 Å². The largest absolute Gasteiger partial charge is 0.368 e. The van der Waals surface area contributed by atoms with E-state index in [2.05, 4.69) is 10.3 Å². The van der Waals surface area contributed by atoms with Gasteiger partial charge in [0.05, 0.1) is 16.6 Å². The number of nitrogens with one attached hydrogen (secondary N) is 1. The minimum absolute atomic E-state index is 0. The zero-order chi connectivity index (χ0) is 14.8. The lowest BCUT2D eigenvalue weighted by molar-refractivity contribution is 0.103. The van der Waals surface area contributed by atoms with Crippen LogP contribution in [-0.2, 0) is 0 Å². The molecule has 114 valence electrons. The van der Waals surface area contributed by atoms with E-state index in [4.69, 9.17) is 23.2 Å². The van der Waals surface area contributed by atoms with Crippen molar-refractivity contribution in [3.63, 3.8) is 0 Å². The third kappa shape index (κ3) is 3.27. The topological polar surface area (TPSA) is 41.5 Å². The second kappa shape index (κ2) is 7.14. The third-order valence-electron chi connectivity index (χ3n) is 3.28. The zero-order valence-corrected chi connectivity index (χ0v) is 13.8. The Morgan fingerprint density at radius 1 is 1.09 bits per heavy atom. The maximum absolute atomic E-state index is 12.7. The van der Waals surface area contributed by atoms with Crippen molar-refractivity contribution in [3.05, 3.63) is 69.2 Å². The monoisotopic (exact) mass is 354 g/mol. The summed E-state index contributed by atoms with van der Waals surface area (Å²) >= 11 is 11.9. The van der Waals surface area contributed by atoms with Gasteiger partial charge >= 0.3 is 0 Å². The first-order chi connectivity index (χ1) is 10.2. The molecule has 0 spiro atoms. The van der Waals surface area contributed by atoms with Gasteiger partial charge in [0.2, 0.25) is 0 Å². The van der Waals surface area contributed by atoms with Gasteiger partial charge in [-0.2, -0.15) is 0 Å². The van der Waals surface area contributed by atoms with Crippen molar-refractivity contribution in [2.75, 3.05) is 13.1 Å². The lowest BCUT2D eigenvalue weighted by atomic mass is 9.98. The molecule has 2 aromatic carbocycles. The lowest BCUT2D eigenvalue weighted by Gasteiger charge is -2.09. The van der Waals surface area contributed by atoms with Gasteiger partial charge < -0.3 is 5.32 Å². The molecule has 1 aliphatic rings. The highest BCUT2D eigenvalue weighted by molar-refractivity contribution is 6.42. The molecule has 0 aliphatic carbocycles. The van der Waals surface area contributed by atoms with E-state index in [-0.39, 0.29) is 18.2 Å². The first-order valence-electron chi connectivity index (χ1n) is 6.54. The molecule has 1 heterocycles. The standard InChI is InChI=1S/C16H12Cl2N2O.ClH/c17-13-6-5-10(9-14(13)18)15(21)11-3-1-2-4-12(11)16-19-7-8-20-16;/h1-6,9H,7-8H2,(H,19,20);1H. The molecule has 0 atom stereocenters. The minimum Gasteiger partial charge on any atom is -0.368 e. The molecule has 0 amide bonds. The maximum atomic E-state index is 12.7. The third-order valence-corrected chi connectivity index (χ3v) is 4.02. The highest BCUT2D eigenvalue weighted by Crippen LogP contribution is 2.25. The molecule has 0 saturated heterocycles. The SMILES string of the molecule is Cl.O=C(c1ccc(Cl)c(Cl)c1)c1ccccc1C1=NCCN1. The Morgan fingerprint density at radius 3 is 2.55 bits per heavy atom. The zero-order valence-electron chi connectivity index (χ0n) is 11.5. The molecule has 0 fully saturated rings. The molecule has 3 nitrogen and oxygen atoms in total. The van der Waals surface area contributed by atoms with E-state index in [1.54, 1.807) is 24.3 Å². The first-order valence-corrected chi connectivity index (χ1v) is 7.30. The van der Waals surface area contributed by atoms with Crippen LogP contribution in [0.25, 0.3) is 0 Å². The number of rotatable bonds is 3. The summed E-state index contributed by atoms with van der Waals surface area (Å²) in [6.45, 7) is 1.52. The summed E-state index contributed by atoms with van der Waals surface area (Å²) < 4.78 is 0. The fourth-order valence-electron chi connectivity index (χ4n) is 2.26. The normalized spacial score (nSPS) is 13.1. The Balaban J connectivity index is 0.00000176. The first kappa shape index (κ1) is 16.8. The molecule has 0 bridgehead atoms. The van der Waals surface area contributed by atoms with Crippen molar-refractivity contribution in [2.24, 2.45) is 4.99 Å². The number of halogens is 3. The molecular weight excluding hydrogens is 343 g/mol. The molecule has 1 N–H and O–H groups in total. The summed E-state index contributed by atoms with van der Waals surface area (Å²) in [4.78, 5) is 17.1. The van der Waals surface area contributed by atoms with Crippen LogP contribution >= 0.6 is 35.6 Å². The van der Waals surface area contributed by atoms with Crippen LogP contribution in [0, 0.1) is 0 Å². The summed E-state index contributed by atoms with van der Waals surface area (Å²) in [5.41, 5.74) is 1.92. The molecule has 0 saturated carbocycles. The van der Waals surface area contributed by atoms with E-state index in [0.717, 1.165) is 24.5 Å². The summed E-state index contributed by atoms with van der Waals surface area (Å²) in [6, 6.07) is 12.3. The second-order valence-electron chi connectivity index (χ2n) is 4.66. The molecule has 22 heavy (non-hydrogen) atoms. The van der Waals surface area contributed by atoms with Crippen LogP contribution in [0.3, 0.4) is 0 Å². The summed E-state index contributed by atoms with van der Waals surface area (Å²) in [5.74, 6) is 0.666. The maximum Gasteiger partial charge on any atom is 0.193 e. The number of carbonyl (C=O) groups is 1. The van der Waals surface area contributed by atoms with Crippen molar-refractivity contribution in [1.82, 2.24) is 5.32 Å². The Kier molecular flexibility index (Phi) is 5.46. The number of benzene rings is 2. The van der Waals surface area contributed by atoms with Gasteiger partial charge in [0.1, 0.15) is 5.84 Å². The second-order valence-corrected chi connectivity index (χ2v) is 5.48. The van der Waals surface area contributed by atoms with E-state index in [0.29, 0.717) is 21.2 Å². The highest BCUT2D eigenvalue weighted by Gasteiger charge is 2.18. The van der Waals surface area contributed by atoms with Crippen LogP contribution in [0.4, 0.5) is 0 Å². The van der Waals surface area contributed by atoms with Crippen molar-refractivity contribution in [3.8, 4) is 0 Å². The number of nitrogens with zero attached hydrogens (tertiary/aromatic N) is 1. The van der Waals surface area contributed by atoms with Crippen LogP contribution in [0.2, 0.25) is 10.0 Å². The lowest BCUT2D eigenvalue weighted by Crippen LogP contribution is -2.22. The fraction of sp³-hybridized carbons (Fsp3) is 0.125. The fourth-order valence-corrected chi connectivity index (χ4v) is 2.56. The van der Waals surface area contributed by atoms with Crippen molar-refractivity contribution >= 4 is 47.2 Å². The molecule has 1 aliphatic heterocycles. The van der Waals surface area contributed by atoms with E-state index in [9.17, 15) is 4.79 Å². The quantitative estimate of drug-likeness (QED) is 0.846. The summed E-state index contributed by atoms with van der Waals surface area (Å²) in [5, 5.41) is 4.00. The van der Waals surface area contributed by atoms with Crippen LogP contribution in [0.1, 0.15) is 21.5 Å². The van der Waals surface area contributed by atoms with Gasteiger partial charge in [-0.1, -0.05) is 47.5 Å². The van der Waals surface area contributed by atoms with Gasteiger partial charge in [0.15, 0.2) is 5.78 Å². The molecule has 2 aromatic rings. The Labute approximate surface area is 144 Å². The molecule has 0 unspecified atom stereocenters. The average Bonchev–Trinajstić information content (AvgIpc) is 3.03. The number of ketones is 1. The average molecular weight is 356 g/mol. The van der Waals surface area contributed by atoms with Crippen molar-refractivity contribution < 1.29 is 4.79 Å². The summed E-state index contributed by atoms with van der Waals surface area (Å²) in [7, 11) is 0. The van der Waals surface area contributed by atoms with E-state index < -0.39 is 0 Å². The molecule has 3 rings (SSSR count). The predicted molar refractivity (Wildman–Crippen MR) is 93.0 cm³/mol. The van der Waals surface area contributed by atoms with Crippen LogP contribution in [-0.4, -0.2) is 24.7 Å².